The number of fused-ring (bicyclic) bond motifs is 35. The fourth-order valence-electron chi connectivity index (χ4n) is 23.3. The minimum atomic E-state index is -0.120. The molecule has 0 bridgehead atoms. The first kappa shape index (κ1) is 79.3. The molecule has 32 aromatic rings. The van der Waals surface area contributed by atoms with Crippen molar-refractivity contribution in [3.05, 3.63) is 430 Å². The van der Waals surface area contributed by atoms with Gasteiger partial charge in [-0.05, 0) is 224 Å². The molecule has 0 amide bonds. The van der Waals surface area contributed by atoms with Gasteiger partial charge in [0.1, 0.15) is 44.6 Å². The number of furan rings is 4. The number of hydrogen-bond donors (Lipinski definition) is 0. The van der Waals surface area contributed by atoms with Gasteiger partial charge in [0.05, 0.1) is 61.2 Å². The average Bonchev–Trinajstić information content (AvgIpc) is 1.55. The van der Waals surface area contributed by atoms with Gasteiger partial charge in [-0.2, -0.15) is 0 Å². The van der Waals surface area contributed by atoms with E-state index >= 15 is 0 Å². The normalized spacial score (nSPS) is 12.7. The molecule has 0 saturated heterocycles. The van der Waals surface area contributed by atoms with Crippen LogP contribution in [0.25, 0.3) is 301 Å². The van der Waals surface area contributed by atoms with E-state index in [1.165, 1.54) is 90.9 Å². The van der Waals surface area contributed by atoms with Crippen molar-refractivity contribution in [2.75, 3.05) is 0 Å². The third-order valence-corrected chi connectivity index (χ3v) is 31.1. The van der Waals surface area contributed by atoms with Crippen molar-refractivity contribution < 1.29 is 17.7 Å². The summed E-state index contributed by atoms with van der Waals surface area (Å²) in [6.45, 7) is 4.67. The third-order valence-electron chi connectivity index (χ3n) is 29.9. The van der Waals surface area contributed by atoms with E-state index in [2.05, 4.69) is 416 Å². The summed E-state index contributed by atoms with van der Waals surface area (Å²) in [5.41, 5.74) is 27.0. The molecule has 0 aliphatic heterocycles. The smallest absolute Gasteiger partial charge is 0.235 e. The van der Waals surface area contributed by atoms with Crippen LogP contribution in [-0.2, 0) is 5.41 Å². The highest BCUT2D eigenvalue weighted by molar-refractivity contribution is 7.26. The minimum Gasteiger partial charge on any atom is -0.456 e. The van der Waals surface area contributed by atoms with Crippen molar-refractivity contribution in [3.8, 4) is 62.7 Å². The van der Waals surface area contributed by atoms with Crippen molar-refractivity contribution in [3.63, 3.8) is 0 Å². The largest absolute Gasteiger partial charge is 0.456 e. The lowest BCUT2D eigenvalue weighted by atomic mass is 9.82. The Morgan fingerprint density at radius 2 is 0.608 bits per heavy atom. The van der Waals surface area contributed by atoms with Crippen LogP contribution < -0.4 is 0 Å². The number of para-hydroxylation sites is 7. The van der Waals surface area contributed by atoms with Gasteiger partial charge < -0.3 is 17.7 Å². The molecule has 143 heavy (non-hydrogen) atoms. The molecule has 1 aliphatic carbocycles. The second-order valence-electron chi connectivity index (χ2n) is 38.2. The average molecular weight is 1850 g/mol. The van der Waals surface area contributed by atoms with E-state index in [9.17, 15) is 0 Å². The molecule has 666 valence electrons. The molecular formula is C129H75N9O4S. The standard InChI is InChI=1S/C45H29N3O.C42H23N3O2.C42H23N3OS/c1-45(2)36-16-8-5-13-29(36)32-24-33-30-14-7-10-18-39(30)48(40(33)25-37(32)45)44-46-38-17-9-6-15-31(38)43(47-44)28-19-20-41-34(22-28)35-21-26-11-3-4-12-27(26)23-42(35)49-41;1-2-10-25-23-38-33(21-24(25)9-1)32-22-26(17-20-37(32)46-38)39-31-13-3-6-14-34(31)43-42(44-39)45-35-15-7-4-11-27(35)29-18-19-30-28-12-5-8-16-36(28)47-41(30)40(29)45;1-2-10-25-23-36-31(21-24(25)9-1)30-22-26(17-19-35(30)46-36)41-27-11-3-6-14-32(27)43-42(44-41)45-33-15-7-4-12-28(33)39-34(45)18-20-38-40(39)29-13-5-8-16-37(29)47-38/h3-25H,1-2H3;2*1-23H. The Bertz CT molecular complexity index is 11200. The van der Waals surface area contributed by atoms with E-state index in [1.54, 1.807) is 0 Å². The summed E-state index contributed by atoms with van der Waals surface area (Å²) in [7, 11) is 0. The molecule has 0 N–H and O–H groups in total. The summed E-state index contributed by atoms with van der Waals surface area (Å²) >= 11 is 1.85. The summed E-state index contributed by atoms with van der Waals surface area (Å²) in [6, 6.07) is 148. The maximum absolute atomic E-state index is 6.58. The highest BCUT2D eigenvalue weighted by Gasteiger charge is 2.37. The van der Waals surface area contributed by atoms with Crippen molar-refractivity contribution in [2.24, 2.45) is 0 Å². The second-order valence-corrected chi connectivity index (χ2v) is 39.3. The van der Waals surface area contributed by atoms with Gasteiger partial charge in [0.2, 0.25) is 17.8 Å². The molecule has 11 heterocycles. The zero-order valence-corrected chi connectivity index (χ0v) is 77.7. The van der Waals surface area contributed by atoms with Crippen molar-refractivity contribution >= 4 is 250 Å². The van der Waals surface area contributed by atoms with Gasteiger partial charge in [0.25, 0.3) is 0 Å². The maximum Gasteiger partial charge on any atom is 0.235 e. The molecule has 1 aliphatic rings. The molecule has 14 heteroatoms. The quantitative estimate of drug-likeness (QED) is 0.158. The summed E-state index contributed by atoms with van der Waals surface area (Å²) in [6.07, 6.45) is 0. The summed E-state index contributed by atoms with van der Waals surface area (Å²) < 4.78 is 34.9. The topological polar surface area (TPSA) is 145 Å². The molecule has 0 spiro atoms. The van der Waals surface area contributed by atoms with Crippen LogP contribution in [0.5, 0.6) is 0 Å². The molecule has 33 rings (SSSR count). The van der Waals surface area contributed by atoms with Gasteiger partial charge in [-0.25, -0.2) is 29.9 Å². The number of nitrogens with zero attached hydrogens (tertiary/aromatic N) is 9. The van der Waals surface area contributed by atoms with Crippen LogP contribution in [0.4, 0.5) is 0 Å². The molecule has 0 saturated carbocycles. The van der Waals surface area contributed by atoms with E-state index in [1.807, 2.05) is 41.7 Å². The predicted octanol–water partition coefficient (Wildman–Crippen LogP) is 34.9. The minimum absolute atomic E-state index is 0.120. The monoisotopic (exact) mass is 1850 g/mol. The number of hydrogen-bond acceptors (Lipinski definition) is 11. The Balaban J connectivity index is 0.0000000981. The number of thiophene rings is 1. The Labute approximate surface area is 816 Å². The van der Waals surface area contributed by atoms with Crippen LogP contribution in [0.1, 0.15) is 25.0 Å². The molecule has 0 fully saturated rings. The Morgan fingerprint density at radius 1 is 0.217 bits per heavy atom. The van der Waals surface area contributed by atoms with Crippen LogP contribution in [0.2, 0.25) is 0 Å². The Morgan fingerprint density at radius 3 is 1.14 bits per heavy atom. The number of aromatic nitrogens is 9. The zero-order valence-electron chi connectivity index (χ0n) is 76.9. The van der Waals surface area contributed by atoms with E-state index in [0.717, 1.165) is 203 Å². The van der Waals surface area contributed by atoms with E-state index in [0.29, 0.717) is 17.8 Å². The highest BCUT2D eigenvalue weighted by atomic mass is 32.1. The third kappa shape index (κ3) is 11.9. The van der Waals surface area contributed by atoms with Gasteiger partial charge in [-0.1, -0.05) is 263 Å². The van der Waals surface area contributed by atoms with Gasteiger partial charge in [-0.3, -0.25) is 13.7 Å². The summed E-state index contributed by atoms with van der Waals surface area (Å²) in [5, 5.41) is 28.4. The van der Waals surface area contributed by atoms with Crippen LogP contribution in [0.15, 0.2) is 436 Å². The Kier molecular flexibility index (Phi) is 16.7. The fraction of sp³-hybridized carbons (Fsp3) is 0.0233. The molecule has 0 atom stereocenters. The van der Waals surface area contributed by atoms with Crippen molar-refractivity contribution in [1.82, 2.24) is 43.6 Å². The fourth-order valence-corrected chi connectivity index (χ4v) is 24.4. The van der Waals surface area contributed by atoms with Gasteiger partial charge >= 0.3 is 0 Å². The van der Waals surface area contributed by atoms with Crippen LogP contribution in [-0.4, -0.2) is 43.6 Å². The lowest BCUT2D eigenvalue weighted by molar-refractivity contribution is 0.661. The zero-order chi connectivity index (χ0) is 93.7. The van der Waals surface area contributed by atoms with E-state index in [-0.39, 0.29) is 5.41 Å². The molecule has 13 nitrogen and oxygen atoms in total. The van der Waals surface area contributed by atoms with E-state index in [4.69, 9.17) is 47.6 Å². The Hall–Kier alpha value is -18.8. The second kappa shape index (κ2) is 30.1. The van der Waals surface area contributed by atoms with Crippen LogP contribution in [0, 0.1) is 0 Å². The first-order valence-corrected chi connectivity index (χ1v) is 49.1. The first-order valence-electron chi connectivity index (χ1n) is 48.3. The first-order chi connectivity index (χ1) is 70.6. The molecule has 11 aromatic heterocycles. The van der Waals surface area contributed by atoms with Gasteiger partial charge in [-0.15, -0.1) is 11.3 Å². The molecule has 0 radical (unpaired) electrons. The van der Waals surface area contributed by atoms with E-state index < -0.39 is 0 Å². The predicted molar refractivity (Wildman–Crippen MR) is 590 cm³/mol. The van der Waals surface area contributed by atoms with Crippen LogP contribution in [0.3, 0.4) is 0 Å². The van der Waals surface area contributed by atoms with Gasteiger partial charge in [0.15, 0.2) is 5.58 Å². The van der Waals surface area contributed by atoms with Crippen molar-refractivity contribution in [1.29, 1.82) is 0 Å². The summed E-state index contributed by atoms with van der Waals surface area (Å²) in [5.74, 6) is 1.92. The molecule has 0 unspecified atom stereocenters. The molecular weight excluding hydrogens is 1770 g/mol. The van der Waals surface area contributed by atoms with Crippen molar-refractivity contribution in [2.45, 2.75) is 19.3 Å². The van der Waals surface area contributed by atoms with Crippen LogP contribution >= 0.6 is 11.3 Å². The lowest BCUT2D eigenvalue weighted by Crippen LogP contribution is -2.15. The summed E-state index contributed by atoms with van der Waals surface area (Å²) in [4.78, 5) is 31.8. The SMILES string of the molecule is CC1(C)c2ccccc2-c2cc3c4ccccc4n(-c4nc(-c5ccc6oc7cc8ccccc8cc7c6c5)c5ccccc5n4)c3cc21.c1ccc2cc3c(cc2c1)oc1ccc(-c2nc(-n4c5ccccc5c5c6c(ccc54)sc4ccccc46)nc4ccccc24)cc13.c1ccc2cc3c(cc2c1)oc1ccc(-c2nc(-n4c5ccccc5c5ccc6c7ccccc7oc6c54)nc4ccccc24)cc13. The number of benzene rings is 21. The lowest BCUT2D eigenvalue weighted by Gasteiger charge is -2.21. The maximum atomic E-state index is 6.58. The highest BCUT2D eigenvalue weighted by Crippen LogP contribution is 2.53. The number of rotatable bonds is 6. The molecule has 21 aromatic carbocycles. The van der Waals surface area contributed by atoms with Gasteiger partial charge in [0, 0.05) is 134 Å².